The van der Waals surface area contributed by atoms with E-state index in [1.54, 1.807) is 11.2 Å². The first-order valence-electron chi connectivity index (χ1n) is 10.8. The van der Waals surface area contributed by atoms with Crippen molar-refractivity contribution in [3.8, 4) is 0 Å². The molecule has 1 aliphatic heterocycles. The van der Waals surface area contributed by atoms with Crippen LogP contribution in [0.15, 0.2) is 53.8 Å². The molecule has 9 heteroatoms. The van der Waals surface area contributed by atoms with Crippen LogP contribution in [0, 0.1) is 0 Å². The summed E-state index contributed by atoms with van der Waals surface area (Å²) in [4.78, 5) is 34.2. The minimum absolute atomic E-state index is 0.115. The van der Waals surface area contributed by atoms with E-state index in [1.807, 2.05) is 35.9 Å². The Labute approximate surface area is 189 Å². The third-order valence-corrected chi connectivity index (χ3v) is 6.96. The molecule has 0 bridgehead atoms. The van der Waals surface area contributed by atoms with E-state index in [9.17, 15) is 9.59 Å². The van der Waals surface area contributed by atoms with Crippen LogP contribution >= 0.6 is 11.3 Å². The van der Waals surface area contributed by atoms with Crippen molar-refractivity contribution in [1.29, 1.82) is 0 Å². The van der Waals surface area contributed by atoms with Gasteiger partial charge < -0.3 is 9.47 Å². The van der Waals surface area contributed by atoms with Gasteiger partial charge in [0, 0.05) is 49.2 Å². The number of aryl methyl sites for hydroxylation is 1. The Morgan fingerprint density at radius 2 is 2.09 bits per heavy atom. The zero-order chi connectivity index (χ0) is 22.1. The van der Waals surface area contributed by atoms with Crippen molar-refractivity contribution in [3.05, 3.63) is 81.2 Å². The van der Waals surface area contributed by atoms with Crippen LogP contribution in [0.4, 0.5) is 0 Å². The van der Waals surface area contributed by atoms with Gasteiger partial charge in [0.1, 0.15) is 17.7 Å². The number of piperidine rings is 1. The maximum Gasteiger partial charge on any atom is 0.271 e. The number of aromatic nitrogens is 5. The fourth-order valence-corrected chi connectivity index (χ4v) is 5.29. The van der Waals surface area contributed by atoms with Crippen LogP contribution in [0.1, 0.15) is 52.3 Å². The van der Waals surface area contributed by atoms with Crippen LogP contribution in [-0.4, -0.2) is 48.0 Å². The van der Waals surface area contributed by atoms with Crippen LogP contribution in [0.25, 0.3) is 4.96 Å². The number of thiazole rings is 1. The standard InChI is InChI=1S/C23H24N6O2S/c1-2-27-15-25-26-20(27)17-9-6-10-28(13-17)21(30)19-12-24-23-29(22(19)31)14-18(32-23)11-16-7-4-3-5-8-16/h3-5,7-8,12,14-15,17H,2,6,9-11,13H2,1H3. The molecule has 4 aromatic rings. The number of amides is 1. The molecule has 1 saturated heterocycles. The fraction of sp³-hybridized carbons (Fsp3) is 0.348. The molecule has 32 heavy (non-hydrogen) atoms. The van der Waals surface area contributed by atoms with E-state index in [1.165, 1.54) is 27.5 Å². The monoisotopic (exact) mass is 448 g/mol. The Bertz CT molecular complexity index is 1310. The molecule has 1 amide bonds. The molecule has 0 radical (unpaired) electrons. The molecule has 5 rings (SSSR count). The maximum atomic E-state index is 13.3. The lowest BCUT2D eigenvalue weighted by atomic mass is 9.96. The summed E-state index contributed by atoms with van der Waals surface area (Å²) in [7, 11) is 0. The first kappa shape index (κ1) is 20.6. The lowest BCUT2D eigenvalue weighted by Gasteiger charge is -2.32. The summed E-state index contributed by atoms with van der Waals surface area (Å²) in [6.07, 6.45) is 7.51. The van der Waals surface area contributed by atoms with E-state index in [4.69, 9.17) is 0 Å². The first-order valence-corrected chi connectivity index (χ1v) is 11.7. The molecule has 1 atom stereocenters. The van der Waals surface area contributed by atoms with E-state index < -0.39 is 0 Å². The summed E-state index contributed by atoms with van der Waals surface area (Å²) in [6.45, 7) is 3.99. The lowest BCUT2D eigenvalue weighted by molar-refractivity contribution is 0.0700. The van der Waals surface area contributed by atoms with Crippen molar-refractivity contribution < 1.29 is 4.79 Å². The van der Waals surface area contributed by atoms with Crippen molar-refractivity contribution in [2.24, 2.45) is 0 Å². The molecule has 1 aromatic carbocycles. The molecule has 8 nitrogen and oxygen atoms in total. The van der Waals surface area contributed by atoms with E-state index in [2.05, 4.69) is 27.3 Å². The molecule has 4 heterocycles. The Morgan fingerprint density at radius 3 is 2.91 bits per heavy atom. The molecule has 164 valence electrons. The van der Waals surface area contributed by atoms with Crippen molar-refractivity contribution in [2.45, 2.75) is 38.6 Å². The fourth-order valence-electron chi connectivity index (χ4n) is 4.32. The topological polar surface area (TPSA) is 85.4 Å². The van der Waals surface area contributed by atoms with Crippen LogP contribution in [0.2, 0.25) is 0 Å². The smallest absolute Gasteiger partial charge is 0.271 e. The van der Waals surface area contributed by atoms with E-state index in [-0.39, 0.29) is 22.9 Å². The summed E-state index contributed by atoms with van der Waals surface area (Å²) in [5, 5.41) is 8.30. The summed E-state index contributed by atoms with van der Waals surface area (Å²) in [5.41, 5.74) is 0.973. The average molecular weight is 449 g/mol. The SMILES string of the molecule is CCn1cnnc1C1CCCN(C(=O)c2cnc3sc(Cc4ccccc4)cn3c2=O)C1. The predicted octanol–water partition coefficient (Wildman–Crippen LogP) is 2.98. The zero-order valence-corrected chi connectivity index (χ0v) is 18.7. The van der Waals surface area contributed by atoms with Crippen molar-refractivity contribution >= 4 is 22.2 Å². The summed E-state index contributed by atoms with van der Waals surface area (Å²) < 4.78 is 3.52. The van der Waals surface area contributed by atoms with E-state index in [0.29, 0.717) is 18.1 Å². The number of fused-ring (bicyclic) bond motifs is 1. The Morgan fingerprint density at radius 1 is 1.25 bits per heavy atom. The molecule has 0 spiro atoms. The van der Waals surface area contributed by atoms with Crippen LogP contribution in [0.3, 0.4) is 0 Å². The molecule has 1 aliphatic rings. The van der Waals surface area contributed by atoms with Gasteiger partial charge >= 0.3 is 0 Å². The Hall–Kier alpha value is -3.33. The molecule has 0 N–H and O–H groups in total. The number of carbonyl (C=O) groups is 1. The summed E-state index contributed by atoms with van der Waals surface area (Å²) >= 11 is 1.47. The van der Waals surface area contributed by atoms with Gasteiger partial charge in [-0.25, -0.2) is 4.98 Å². The number of nitrogens with zero attached hydrogens (tertiary/aromatic N) is 6. The maximum absolute atomic E-state index is 13.3. The predicted molar refractivity (Wildman–Crippen MR) is 122 cm³/mol. The molecule has 1 unspecified atom stereocenters. The highest BCUT2D eigenvalue weighted by atomic mass is 32.1. The second-order valence-electron chi connectivity index (χ2n) is 8.05. The second-order valence-corrected chi connectivity index (χ2v) is 9.15. The molecule has 3 aromatic heterocycles. The minimum atomic E-state index is -0.311. The average Bonchev–Trinajstić information content (AvgIpc) is 3.47. The molecular formula is C23H24N6O2S. The van der Waals surface area contributed by atoms with Crippen LogP contribution in [-0.2, 0) is 13.0 Å². The quantitative estimate of drug-likeness (QED) is 0.469. The normalized spacial score (nSPS) is 16.5. The minimum Gasteiger partial charge on any atom is -0.338 e. The van der Waals surface area contributed by atoms with Gasteiger partial charge in [0.15, 0.2) is 4.96 Å². The summed E-state index contributed by atoms with van der Waals surface area (Å²) in [5.74, 6) is 0.756. The highest BCUT2D eigenvalue weighted by Crippen LogP contribution is 2.26. The Kier molecular flexibility index (Phi) is 5.57. The number of hydrogen-bond acceptors (Lipinski definition) is 6. The van der Waals surface area contributed by atoms with E-state index >= 15 is 0 Å². The van der Waals surface area contributed by atoms with Crippen LogP contribution in [0.5, 0.6) is 0 Å². The second kappa shape index (κ2) is 8.66. The Balaban J connectivity index is 1.39. The van der Waals surface area contributed by atoms with Crippen LogP contribution < -0.4 is 5.56 Å². The van der Waals surface area contributed by atoms with Crippen molar-refractivity contribution in [1.82, 2.24) is 29.0 Å². The third-order valence-electron chi connectivity index (χ3n) is 5.97. The number of likely N-dealkylation sites (tertiary alicyclic amines) is 1. The van der Waals surface area contributed by atoms with Gasteiger partial charge in [-0.15, -0.1) is 21.5 Å². The molecule has 1 fully saturated rings. The highest BCUT2D eigenvalue weighted by molar-refractivity contribution is 7.17. The molecular weight excluding hydrogens is 424 g/mol. The highest BCUT2D eigenvalue weighted by Gasteiger charge is 2.30. The zero-order valence-electron chi connectivity index (χ0n) is 17.8. The largest absolute Gasteiger partial charge is 0.338 e. The van der Waals surface area contributed by atoms with Gasteiger partial charge in [-0.3, -0.25) is 14.0 Å². The van der Waals surface area contributed by atoms with Gasteiger partial charge in [-0.2, -0.15) is 0 Å². The third kappa shape index (κ3) is 3.84. The lowest BCUT2D eigenvalue weighted by Crippen LogP contribution is -2.42. The molecule has 0 aliphatic carbocycles. The molecule has 0 saturated carbocycles. The van der Waals surface area contributed by atoms with Crippen molar-refractivity contribution in [2.75, 3.05) is 13.1 Å². The van der Waals surface area contributed by atoms with Gasteiger partial charge in [-0.05, 0) is 25.3 Å². The van der Waals surface area contributed by atoms with Gasteiger partial charge in [0.05, 0.1) is 0 Å². The van der Waals surface area contributed by atoms with Gasteiger partial charge in [0.25, 0.3) is 11.5 Å². The van der Waals surface area contributed by atoms with Gasteiger partial charge in [0.2, 0.25) is 0 Å². The summed E-state index contributed by atoms with van der Waals surface area (Å²) in [6, 6.07) is 10.1. The number of carbonyl (C=O) groups excluding carboxylic acids is 1. The number of rotatable bonds is 5. The number of benzene rings is 1. The van der Waals surface area contributed by atoms with Crippen molar-refractivity contribution in [3.63, 3.8) is 0 Å². The van der Waals surface area contributed by atoms with E-state index in [0.717, 1.165) is 36.5 Å². The first-order chi connectivity index (χ1) is 15.6. The number of hydrogen-bond donors (Lipinski definition) is 0. The van der Waals surface area contributed by atoms with Gasteiger partial charge in [-0.1, -0.05) is 30.3 Å².